The fourth-order valence-electron chi connectivity index (χ4n) is 4.42. The highest BCUT2D eigenvalue weighted by atomic mass is 16.5. The molecule has 0 saturated carbocycles. The Morgan fingerprint density at radius 3 is 2.90 bits per heavy atom. The van der Waals surface area contributed by atoms with Gasteiger partial charge in [-0.3, -0.25) is 4.79 Å². The second kappa shape index (κ2) is 8.29. The molecule has 0 aliphatic carbocycles. The summed E-state index contributed by atoms with van der Waals surface area (Å²) in [7, 11) is 1.69. The van der Waals surface area contributed by atoms with Crippen LogP contribution in [0.4, 0.5) is 0 Å². The molecule has 1 aliphatic heterocycles. The van der Waals surface area contributed by atoms with E-state index in [9.17, 15) is 4.79 Å². The maximum absolute atomic E-state index is 13.0. The minimum absolute atomic E-state index is 0.0511. The van der Waals surface area contributed by atoms with Crippen molar-refractivity contribution in [1.82, 2.24) is 9.88 Å². The van der Waals surface area contributed by atoms with Crippen LogP contribution < -0.4 is 0 Å². The molecule has 5 nitrogen and oxygen atoms in total. The number of amides is 1. The number of hydrogen-bond donors (Lipinski definition) is 1. The van der Waals surface area contributed by atoms with Gasteiger partial charge in [0.1, 0.15) is 11.5 Å². The maximum atomic E-state index is 13.0. The molecule has 152 valence electrons. The number of carbonyl (C=O) groups is 1. The van der Waals surface area contributed by atoms with E-state index >= 15 is 0 Å². The van der Waals surface area contributed by atoms with Crippen LogP contribution in [0.2, 0.25) is 0 Å². The minimum atomic E-state index is 0.0511. The Kier molecular flexibility index (Phi) is 5.58. The van der Waals surface area contributed by atoms with Crippen molar-refractivity contribution in [2.24, 2.45) is 0 Å². The molecular formula is C24H28N2O3. The number of aromatic nitrogens is 1. The van der Waals surface area contributed by atoms with Gasteiger partial charge in [-0.15, -0.1) is 0 Å². The molecule has 29 heavy (non-hydrogen) atoms. The molecule has 3 heterocycles. The van der Waals surface area contributed by atoms with Crippen molar-refractivity contribution in [2.75, 3.05) is 20.3 Å². The van der Waals surface area contributed by atoms with Gasteiger partial charge in [-0.2, -0.15) is 0 Å². The molecule has 0 radical (unpaired) electrons. The normalized spacial score (nSPS) is 17.6. The second-order valence-corrected chi connectivity index (χ2v) is 7.80. The van der Waals surface area contributed by atoms with E-state index in [1.807, 2.05) is 48.5 Å². The highest BCUT2D eigenvalue weighted by Crippen LogP contribution is 2.37. The van der Waals surface area contributed by atoms with Crippen LogP contribution in [0.1, 0.15) is 53.1 Å². The van der Waals surface area contributed by atoms with Crippen LogP contribution in [0.15, 0.2) is 53.3 Å². The monoisotopic (exact) mass is 392 g/mol. The SMILES string of the molecule is COCC1CCCN1C(=O)c1cc(C(C)c2c(-c3ccccc3)coc2C)c[nH]1. The van der Waals surface area contributed by atoms with Crippen LogP contribution in [-0.2, 0) is 4.74 Å². The predicted molar refractivity (Wildman–Crippen MR) is 113 cm³/mol. The molecule has 1 amide bonds. The van der Waals surface area contributed by atoms with E-state index in [0.717, 1.165) is 47.4 Å². The molecule has 2 unspecified atom stereocenters. The number of nitrogens with zero attached hydrogens (tertiary/aromatic N) is 1. The van der Waals surface area contributed by atoms with E-state index in [1.165, 1.54) is 0 Å². The zero-order valence-corrected chi connectivity index (χ0v) is 17.3. The van der Waals surface area contributed by atoms with Gasteiger partial charge in [0.05, 0.1) is 18.9 Å². The molecule has 1 aromatic carbocycles. The number of hydrogen-bond acceptors (Lipinski definition) is 3. The third-order valence-corrected chi connectivity index (χ3v) is 5.97. The van der Waals surface area contributed by atoms with E-state index < -0.39 is 0 Å². The van der Waals surface area contributed by atoms with E-state index in [-0.39, 0.29) is 17.9 Å². The summed E-state index contributed by atoms with van der Waals surface area (Å²) in [5.74, 6) is 1.07. The number of likely N-dealkylation sites (tertiary alicyclic amines) is 1. The lowest BCUT2D eigenvalue weighted by Gasteiger charge is -2.23. The Morgan fingerprint density at radius 2 is 2.14 bits per heavy atom. The number of nitrogens with one attached hydrogen (secondary N) is 1. The number of aromatic amines is 1. The molecule has 2 atom stereocenters. The fraction of sp³-hybridized carbons (Fsp3) is 0.375. The Morgan fingerprint density at radius 1 is 1.34 bits per heavy atom. The van der Waals surface area contributed by atoms with Crippen LogP contribution in [0.25, 0.3) is 11.1 Å². The van der Waals surface area contributed by atoms with Crippen molar-refractivity contribution in [3.63, 3.8) is 0 Å². The van der Waals surface area contributed by atoms with Crippen LogP contribution in [0.5, 0.6) is 0 Å². The van der Waals surface area contributed by atoms with Crippen LogP contribution in [-0.4, -0.2) is 42.1 Å². The third-order valence-electron chi connectivity index (χ3n) is 5.97. The lowest BCUT2D eigenvalue weighted by atomic mass is 9.89. The topological polar surface area (TPSA) is 58.5 Å². The first-order valence-corrected chi connectivity index (χ1v) is 10.2. The summed E-state index contributed by atoms with van der Waals surface area (Å²) >= 11 is 0. The fourth-order valence-corrected chi connectivity index (χ4v) is 4.42. The van der Waals surface area contributed by atoms with Crippen LogP contribution in [0.3, 0.4) is 0 Å². The van der Waals surface area contributed by atoms with E-state index in [0.29, 0.717) is 12.3 Å². The number of rotatable bonds is 6. The number of ether oxygens (including phenoxy) is 1. The van der Waals surface area contributed by atoms with Gasteiger partial charge in [0, 0.05) is 36.9 Å². The molecule has 1 aliphatic rings. The molecule has 4 rings (SSSR count). The summed E-state index contributed by atoms with van der Waals surface area (Å²) < 4.78 is 11.1. The average Bonchev–Trinajstić information content (AvgIpc) is 3.48. The summed E-state index contributed by atoms with van der Waals surface area (Å²) in [4.78, 5) is 18.2. The van der Waals surface area contributed by atoms with Gasteiger partial charge in [0.25, 0.3) is 5.91 Å². The molecular weight excluding hydrogens is 364 g/mol. The van der Waals surface area contributed by atoms with Gasteiger partial charge < -0.3 is 19.0 Å². The maximum Gasteiger partial charge on any atom is 0.270 e. The molecule has 0 spiro atoms. The molecule has 0 bridgehead atoms. The molecule has 1 fully saturated rings. The Bertz CT molecular complexity index is 973. The van der Waals surface area contributed by atoms with Crippen molar-refractivity contribution >= 4 is 5.91 Å². The van der Waals surface area contributed by atoms with E-state index in [1.54, 1.807) is 7.11 Å². The quantitative estimate of drug-likeness (QED) is 0.643. The lowest BCUT2D eigenvalue weighted by Crippen LogP contribution is -2.38. The van der Waals surface area contributed by atoms with E-state index in [2.05, 4.69) is 24.0 Å². The summed E-state index contributed by atoms with van der Waals surface area (Å²) in [6.07, 6.45) is 5.80. The largest absolute Gasteiger partial charge is 0.469 e. The lowest BCUT2D eigenvalue weighted by molar-refractivity contribution is 0.0625. The van der Waals surface area contributed by atoms with Gasteiger partial charge in [-0.1, -0.05) is 37.3 Å². The first kappa shape index (κ1) is 19.5. The van der Waals surface area contributed by atoms with Gasteiger partial charge >= 0.3 is 0 Å². The van der Waals surface area contributed by atoms with Crippen LogP contribution in [0, 0.1) is 6.92 Å². The van der Waals surface area contributed by atoms with Crippen LogP contribution >= 0.6 is 0 Å². The van der Waals surface area contributed by atoms with Crippen molar-refractivity contribution < 1.29 is 13.9 Å². The molecule has 2 aromatic heterocycles. The van der Waals surface area contributed by atoms with Crippen molar-refractivity contribution in [3.05, 3.63) is 71.4 Å². The Balaban J connectivity index is 1.59. The van der Waals surface area contributed by atoms with Gasteiger partial charge in [-0.25, -0.2) is 0 Å². The number of furan rings is 1. The Hall–Kier alpha value is -2.79. The third kappa shape index (κ3) is 3.75. The number of aryl methyl sites for hydroxylation is 1. The smallest absolute Gasteiger partial charge is 0.270 e. The summed E-state index contributed by atoms with van der Waals surface area (Å²) in [6.45, 7) is 5.53. The highest BCUT2D eigenvalue weighted by molar-refractivity contribution is 5.93. The molecule has 3 aromatic rings. The first-order chi connectivity index (χ1) is 14.1. The standard InChI is InChI=1S/C24H28N2O3/c1-16(23-17(2)29-15-21(23)18-8-5-4-6-9-18)19-12-22(25-13-19)24(27)26-11-7-10-20(26)14-28-3/h4-6,8-9,12-13,15-16,20,25H,7,10-11,14H2,1-3H3. The van der Waals surface area contributed by atoms with Gasteiger partial charge in [-0.05, 0) is 37.0 Å². The zero-order chi connectivity index (χ0) is 20.4. The Labute approximate surface area is 171 Å². The van der Waals surface area contributed by atoms with Gasteiger partial charge in [0.15, 0.2) is 0 Å². The summed E-state index contributed by atoms with van der Waals surface area (Å²) in [6, 6.07) is 12.4. The number of carbonyl (C=O) groups excluding carboxylic acids is 1. The summed E-state index contributed by atoms with van der Waals surface area (Å²) in [5, 5.41) is 0. The highest BCUT2D eigenvalue weighted by Gasteiger charge is 2.30. The van der Waals surface area contributed by atoms with Crippen molar-refractivity contribution in [3.8, 4) is 11.1 Å². The predicted octanol–water partition coefficient (Wildman–Crippen LogP) is 4.99. The average molecular weight is 392 g/mol. The molecule has 1 N–H and O–H groups in total. The number of H-pyrrole nitrogens is 1. The molecule has 1 saturated heterocycles. The molecule has 5 heteroatoms. The van der Waals surface area contributed by atoms with E-state index in [4.69, 9.17) is 9.15 Å². The van der Waals surface area contributed by atoms with Gasteiger partial charge in [0.2, 0.25) is 0 Å². The van der Waals surface area contributed by atoms with Crippen molar-refractivity contribution in [2.45, 2.75) is 38.6 Å². The first-order valence-electron chi connectivity index (χ1n) is 10.2. The zero-order valence-electron chi connectivity index (χ0n) is 17.3. The minimum Gasteiger partial charge on any atom is -0.469 e. The second-order valence-electron chi connectivity index (χ2n) is 7.80. The van der Waals surface area contributed by atoms with Crippen molar-refractivity contribution in [1.29, 1.82) is 0 Å². The number of benzene rings is 1. The summed E-state index contributed by atoms with van der Waals surface area (Å²) in [5.41, 5.74) is 5.12. The number of methoxy groups -OCH3 is 1.